The normalized spacial score (nSPS) is 10.2. The second-order valence-corrected chi connectivity index (χ2v) is 5.73. The van der Waals surface area contributed by atoms with Crippen LogP contribution in [-0.2, 0) is 0 Å². The number of halogens is 2. The number of benzene rings is 2. The first-order valence-corrected chi connectivity index (χ1v) is 7.83. The van der Waals surface area contributed by atoms with Gasteiger partial charge in [0.2, 0.25) is 0 Å². The van der Waals surface area contributed by atoms with Crippen LogP contribution in [0.4, 0.5) is 21.6 Å². The van der Waals surface area contributed by atoms with Crippen molar-refractivity contribution in [3.8, 4) is 0 Å². The van der Waals surface area contributed by atoms with E-state index in [-0.39, 0.29) is 5.69 Å². The van der Waals surface area contributed by atoms with Crippen molar-refractivity contribution < 1.29 is 9.18 Å². The van der Waals surface area contributed by atoms with Crippen LogP contribution in [0.2, 0.25) is 0 Å². The van der Waals surface area contributed by atoms with Gasteiger partial charge >= 0.3 is 0 Å². The Hall–Kier alpha value is -2.80. The fraction of sp³-hybridized carbons (Fsp3) is 0. The number of nitrogens with zero attached hydrogens (tertiary/aromatic N) is 2. The quantitative estimate of drug-likeness (QED) is 0.698. The van der Waals surface area contributed by atoms with Gasteiger partial charge in [0, 0.05) is 10.2 Å². The van der Waals surface area contributed by atoms with Gasteiger partial charge in [-0.15, -0.1) is 10.2 Å². The van der Waals surface area contributed by atoms with Crippen LogP contribution in [0, 0.1) is 5.82 Å². The molecule has 24 heavy (non-hydrogen) atoms. The molecule has 0 aliphatic heterocycles. The molecule has 2 aromatic carbocycles. The largest absolute Gasteiger partial charge is 0.338 e. The van der Waals surface area contributed by atoms with E-state index < -0.39 is 11.7 Å². The molecular weight excluding hydrogens is 375 g/mol. The predicted octanol–water partition coefficient (Wildman–Crippen LogP) is 4.37. The van der Waals surface area contributed by atoms with Crippen molar-refractivity contribution in [3.63, 3.8) is 0 Å². The lowest BCUT2D eigenvalue weighted by molar-refractivity contribution is 0.102. The van der Waals surface area contributed by atoms with Crippen LogP contribution in [0.1, 0.15) is 10.5 Å². The molecule has 0 saturated carbocycles. The molecule has 1 amide bonds. The Kier molecular flexibility index (Phi) is 4.81. The minimum absolute atomic E-state index is 0.136. The van der Waals surface area contributed by atoms with E-state index in [4.69, 9.17) is 0 Å². The Morgan fingerprint density at radius 3 is 2.54 bits per heavy atom. The minimum Gasteiger partial charge on any atom is -0.338 e. The maximum Gasteiger partial charge on any atom is 0.276 e. The minimum atomic E-state index is -0.458. The molecular formula is C17H12BrFN4O. The standard InChI is InChI=1S/C17H12BrFN4O/c18-13-6-1-2-7-14(13)21-16-9-8-15(22-23-16)17(24)20-12-5-3-4-11(19)10-12/h1-10H,(H,20,24)(H,21,23). The van der Waals surface area contributed by atoms with Gasteiger partial charge in [-0.05, 0) is 58.4 Å². The third kappa shape index (κ3) is 3.94. The van der Waals surface area contributed by atoms with Crippen molar-refractivity contribution in [2.45, 2.75) is 0 Å². The summed E-state index contributed by atoms with van der Waals surface area (Å²) in [6.07, 6.45) is 0. The summed E-state index contributed by atoms with van der Waals surface area (Å²) in [6.45, 7) is 0. The van der Waals surface area contributed by atoms with Crippen molar-refractivity contribution in [1.29, 1.82) is 0 Å². The molecule has 1 heterocycles. The number of hydrogen-bond acceptors (Lipinski definition) is 4. The molecule has 0 bridgehead atoms. The van der Waals surface area contributed by atoms with Crippen LogP contribution in [0.25, 0.3) is 0 Å². The fourth-order valence-corrected chi connectivity index (χ4v) is 2.37. The molecule has 0 aliphatic carbocycles. The molecule has 0 aliphatic rings. The van der Waals surface area contributed by atoms with Gasteiger partial charge in [-0.25, -0.2) is 4.39 Å². The lowest BCUT2D eigenvalue weighted by Gasteiger charge is -2.08. The van der Waals surface area contributed by atoms with E-state index in [0.717, 1.165) is 10.2 Å². The van der Waals surface area contributed by atoms with E-state index in [9.17, 15) is 9.18 Å². The van der Waals surface area contributed by atoms with Gasteiger partial charge in [0.1, 0.15) is 5.82 Å². The number of hydrogen-bond donors (Lipinski definition) is 2. The van der Waals surface area contributed by atoms with Gasteiger partial charge in [-0.2, -0.15) is 0 Å². The number of nitrogens with one attached hydrogen (secondary N) is 2. The summed E-state index contributed by atoms with van der Waals surface area (Å²) in [5.74, 6) is -0.378. The van der Waals surface area contributed by atoms with Crippen molar-refractivity contribution in [2.24, 2.45) is 0 Å². The van der Waals surface area contributed by atoms with Crippen molar-refractivity contribution in [2.75, 3.05) is 10.6 Å². The first-order valence-electron chi connectivity index (χ1n) is 7.04. The maximum atomic E-state index is 13.1. The number of anilines is 3. The first kappa shape index (κ1) is 16.1. The van der Waals surface area contributed by atoms with E-state index in [2.05, 4.69) is 36.8 Å². The smallest absolute Gasteiger partial charge is 0.276 e. The van der Waals surface area contributed by atoms with Crippen LogP contribution in [0.5, 0.6) is 0 Å². The number of aromatic nitrogens is 2. The number of amides is 1. The zero-order valence-electron chi connectivity index (χ0n) is 12.3. The SMILES string of the molecule is O=C(Nc1cccc(F)c1)c1ccc(Nc2ccccc2Br)nn1. The lowest BCUT2D eigenvalue weighted by Crippen LogP contribution is -2.14. The number of para-hydroxylation sites is 1. The van der Waals surface area contributed by atoms with Gasteiger partial charge in [-0.1, -0.05) is 18.2 Å². The first-order chi connectivity index (χ1) is 11.6. The third-order valence-corrected chi connectivity index (χ3v) is 3.81. The van der Waals surface area contributed by atoms with E-state index in [1.54, 1.807) is 18.2 Å². The summed E-state index contributed by atoms with van der Waals surface area (Å²) in [5, 5.41) is 13.5. The Morgan fingerprint density at radius 1 is 1.00 bits per heavy atom. The monoisotopic (exact) mass is 386 g/mol. The van der Waals surface area contributed by atoms with Crippen molar-refractivity contribution in [1.82, 2.24) is 10.2 Å². The summed E-state index contributed by atoms with van der Waals surface area (Å²) >= 11 is 3.43. The zero-order valence-corrected chi connectivity index (χ0v) is 13.9. The summed E-state index contributed by atoms with van der Waals surface area (Å²) in [7, 11) is 0. The van der Waals surface area contributed by atoms with Crippen LogP contribution < -0.4 is 10.6 Å². The average Bonchev–Trinajstić information content (AvgIpc) is 2.57. The van der Waals surface area contributed by atoms with Crippen molar-refractivity contribution in [3.05, 3.63) is 76.6 Å². The molecule has 2 N–H and O–H groups in total. The molecule has 0 saturated heterocycles. The molecule has 0 radical (unpaired) electrons. The highest BCUT2D eigenvalue weighted by molar-refractivity contribution is 9.10. The lowest BCUT2D eigenvalue weighted by atomic mass is 10.3. The van der Waals surface area contributed by atoms with E-state index in [0.29, 0.717) is 11.5 Å². The molecule has 0 unspecified atom stereocenters. The highest BCUT2D eigenvalue weighted by Gasteiger charge is 2.09. The van der Waals surface area contributed by atoms with Gasteiger partial charge in [0.25, 0.3) is 5.91 Å². The Labute approximate surface area is 146 Å². The van der Waals surface area contributed by atoms with Crippen LogP contribution in [-0.4, -0.2) is 16.1 Å². The molecule has 0 atom stereocenters. The van der Waals surface area contributed by atoms with Gasteiger partial charge in [0.15, 0.2) is 11.5 Å². The molecule has 120 valence electrons. The van der Waals surface area contributed by atoms with Crippen LogP contribution in [0.15, 0.2) is 65.1 Å². The zero-order chi connectivity index (χ0) is 16.9. The number of rotatable bonds is 4. The van der Waals surface area contributed by atoms with Crippen LogP contribution in [0.3, 0.4) is 0 Å². The molecule has 7 heteroatoms. The average molecular weight is 387 g/mol. The predicted molar refractivity (Wildman–Crippen MR) is 93.8 cm³/mol. The topological polar surface area (TPSA) is 66.9 Å². The summed E-state index contributed by atoms with van der Waals surface area (Å²) in [4.78, 5) is 12.1. The molecule has 0 spiro atoms. The molecule has 3 rings (SSSR count). The second-order valence-electron chi connectivity index (χ2n) is 4.87. The molecule has 5 nitrogen and oxygen atoms in total. The van der Waals surface area contributed by atoms with Crippen LogP contribution >= 0.6 is 15.9 Å². The van der Waals surface area contributed by atoms with Gasteiger partial charge in [0.05, 0.1) is 5.69 Å². The second kappa shape index (κ2) is 7.18. The van der Waals surface area contributed by atoms with E-state index >= 15 is 0 Å². The Bertz CT molecular complexity index is 870. The maximum absolute atomic E-state index is 13.1. The fourth-order valence-electron chi connectivity index (χ4n) is 1.98. The van der Waals surface area contributed by atoms with E-state index in [1.807, 2.05) is 24.3 Å². The highest BCUT2D eigenvalue weighted by atomic mass is 79.9. The Balaban J connectivity index is 1.70. The Morgan fingerprint density at radius 2 is 1.83 bits per heavy atom. The molecule has 1 aromatic heterocycles. The number of carbonyl (C=O) groups excluding carboxylic acids is 1. The van der Waals surface area contributed by atoms with Crippen molar-refractivity contribution >= 4 is 39.0 Å². The molecule has 3 aromatic rings. The van der Waals surface area contributed by atoms with Gasteiger partial charge < -0.3 is 10.6 Å². The third-order valence-electron chi connectivity index (χ3n) is 3.12. The number of carbonyl (C=O) groups is 1. The molecule has 0 fully saturated rings. The van der Waals surface area contributed by atoms with Gasteiger partial charge in [-0.3, -0.25) is 4.79 Å². The highest BCUT2D eigenvalue weighted by Crippen LogP contribution is 2.24. The summed E-state index contributed by atoms with van der Waals surface area (Å²) < 4.78 is 14.0. The van der Waals surface area contributed by atoms with E-state index in [1.165, 1.54) is 18.2 Å². The summed E-state index contributed by atoms with van der Waals surface area (Å²) in [6, 6.07) is 16.4. The summed E-state index contributed by atoms with van der Waals surface area (Å²) in [5.41, 5.74) is 1.33.